The molecule has 1 nitrogen and oxygen atoms in total. The molecule has 1 fully saturated rings. The predicted octanol–water partition coefficient (Wildman–Crippen LogP) is 3.58. The van der Waals surface area contributed by atoms with Gasteiger partial charge in [-0.2, -0.15) is 17.6 Å². The van der Waals surface area contributed by atoms with Crippen LogP contribution in [0.5, 0.6) is 0 Å². The Morgan fingerprint density at radius 2 is 1.11 bits per heavy atom. The number of ether oxygens (including phenoxy) is 1. The van der Waals surface area contributed by atoms with Crippen molar-refractivity contribution in [2.75, 3.05) is 13.2 Å². The van der Waals surface area contributed by atoms with Gasteiger partial charge in [-0.15, -0.1) is 0 Å². The summed E-state index contributed by atoms with van der Waals surface area (Å²) >= 11 is 0. The molecule has 1 aliphatic rings. The Balaban J connectivity index is 3.27. The number of halogens is 8. The van der Waals surface area contributed by atoms with Crippen molar-refractivity contribution in [3.8, 4) is 0 Å². The minimum atomic E-state index is -5.21. The monoisotopic (exact) mass is 286 g/mol. The zero-order chi connectivity index (χ0) is 14.2. The van der Waals surface area contributed by atoms with E-state index in [1.807, 2.05) is 0 Å². The lowest BCUT2D eigenvalue weighted by atomic mass is 9.69. The normalized spacial score (nSPS) is 21.7. The van der Waals surface area contributed by atoms with Gasteiger partial charge in [-0.05, 0) is 12.8 Å². The van der Waals surface area contributed by atoms with Crippen molar-refractivity contribution >= 4 is 0 Å². The maximum atomic E-state index is 13.3. The van der Waals surface area contributed by atoms with Crippen LogP contribution < -0.4 is 0 Å². The minimum absolute atomic E-state index is 0.690. The van der Waals surface area contributed by atoms with Gasteiger partial charge in [0.25, 0.3) is 0 Å². The molecule has 0 aromatic rings. The first-order valence-corrected chi connectivity index (χ1v) is 4.99. The van der Waals surface area contributed by atoms with E-state index in [0.29, 0.717) is 0 Å². The molecule has 1 saturated heterocycles. The van der Waals surface area contributed by atoms with Gasteiger partial charge in [0.2, 0.25) is 0 Å². The number of rotatable bonds is 4. The van der Waals surface area contributed by atoms with Crippen molar-refractivity contribution in [3.63, 3.8) is 0 Å². The Hall–Kier alpha value is -0.600. The molecule has 0 saturated carbocycles. The second-order valence-electron chi connectivity index (χ2n) is 4.04. The molecule has 1 aliphatic heterocycles. The zero-order valence-corrected chi connectivity index (χ0v) is 8.92. The summed E-state index contributed by atoms with van der Waals surface area (Å²) in [6.07, 6.45) is -11.4. The van der Waals surface area contributed by atoms with E-state index in [0.717, 1.165) is 0 Å². The standard InChI is InChI=1S/C9H10F8O/c10-5(11)8(14,15)7(1-3-18-4-2-7)9(16,17)6(12)13/h5-6H,1-4H2. The van der Waals surface area contributed by atoms with Gasteiger partial charge in [-0.1, -0.05) is 0 Å². The molecule has 0 aromatic carbocycles. The Kier molecular flexibility index (Phi) is 4.14. The highest BCUT2D eigenvalue weighted by atomic mass is 19.3. The predicted molar refractivity (Wildman–Crippen MR) is 44.4 cm³/mol. The third-order valence-electron chi connectivity index (χ3n) is 3.17. The Labute approximate surface area is 97.1 Å². The average Bonchev–Trinajstić information content (AvgIpc) is 2.29. The highest BCUT2D eigenvalue weighted by Gasteiger charge is 2.74. The molecule has 0 unspecified atom stereocenters. The van der Waals surface area contributed by atoms with Crippen molar-refractivity contribution in [2.45, 2.75) is 37.5 Å². The molecule has 0 N–H and O–H groups in total. The average molecular weight is 286 g/mol. The fourth-order valence-corrected chi connectivity index (χ4v) is 2.03. The maximum absolute atomic E-state index is 13.3. The second kappa shape index (κ2) is 4.82. The van der Waals surface area contributed by atoms with Crippen molar-refractivity contribution in [1.29, 1.82) is 0 Å². The summed E-state index contributed by atoms with van der Waals surface area (Å²) in [5.74, 6) is -10.4. The van der Waals surface area contributed by atoms with Gasteiger partial charge in [0.1, 0.15) is 5.41 Å². The summed E-state index contributed by atoms with van der Waals surface area (Å²) in [5, 5.41) is 0. The van der Waals surface area contributed by atoms with Gasteiger partial charge in [0, 0.05) is 13.2 Å². The molecular formula is C9H10F8O. The van der Waals surface area contributed by atoms with E-state index in [1.54, 1.807) is 0 Å². The number of alkyl halides is 8. The van der Waals surface area contributed by atoms with E-state index in [-0.39, 0.29) is 0 Å². The fraction of sp³-hybridized carbons (Fsp3) is 1.00. The number of hydrogen-bond acceptors (Lipinski definition) is 1. The first kappa shape index (κ1) is 15.5. The van der Waals surface area contributed by atoms with E-state index in [2.05, 4.69) is 4.74 Å². The molecule has 0 aliphatic carbocycles. The van der Waals surface area contributed by atoms with E-state index >= 15 is 0 Å². The lowest BCUT2D eigenvalue weighted by Gasteiger charge is -2.46. The Morgan fingerprint density at radius 3 is 1.39 bits per heavy atom. The van der Waals surface area contributed by atoms with E-state index < -0.39 is 56.2 Å². The second-order valence-corrected chi connectivity index (χ2v) is 4.04. The molecular weight excluding hydrogens is 276 g/mol. The Morgan fingerprint density at radius 1 is 0.778 bits per heavy atom. The molecule has 0 amide bonds. The number of hydrogen-bond donors (Lipinski definition) is 0. The fourth-order valence-electron chi connectivity index (χ4n) is 2.03. The van der Waals surface area contributed by atoms with Crippen molar-refractivity contribution in [2.24, 2.45) is 5.41 Å². The molecule has 0 atom stereocenters. The van der Waals surface area contributed by atoms with Crippen molar-refractivity contribution < 1.29 is 39.9 Å². The van der Waals surface area contributed by atoms with E-state index in [1.165, 1.54) is 0 Å². The summed E-state index contributed by atoms with van der Waals surface area (Å²) in [6, 6.07) is 0. The molecule has 0 bridgehead atoms. The van der Waals surface area contributed by atoms with Crippen LogP contribution in [-0.4, -0.2) is 37.9 Å². The molecule has 18 heavy (non-hydrogen) atoms. The van der Waals surface area contributed by atoms with Crippen LogP contribution in [0.15, 0.2) is 0 Å². The van der Waals surface area contributed by atoms with Crippen LogP contribution in [0.3, 0.4) is 0 Å². The molecule has 9 heteroatoms. The van der Waals surface area contributed by atoms with Crippen LogP contribution in [0.2, 0.25) is 0 Å². The molecule has 1 heterocycles. The van der Waals surface area contributed by atoms with Crippen molar-refractivity contribution in [3.05, 3.63) is 0 Å². The summed E-state index contributed by atoms with van der Waals surface area (Å²) in [4.78, 5) is 0. The van der Waals surface area contributed by atoms with Crippen LogP contribution in [0.25, 0.3) is 0 Å². The van der Waals surface area contributed by atoms with Gasteiger partial charge in [-0.25, -0.2) is 17.6 Å². The lowest BCUT2D eigenvalue weighted by molar-refractivity contribution is -0.328. The Bertz CT molecular complexity index is 262. The van der Waals surface area contributed by atoms with Gasteiger partial charge in [0.05, 0.1) is 0 Å². The smallest absolute Gasteiger partial charge is 0.319 e. The summed E-state index contributed by atoms with van der Waals surface area (Å²) in [7, 11) is 0. The largest absolute Gasteiger partial charge is 0.381 e. The van der Waals surface area contributed by atoms with Crippen LogP contribution in [-0.2, 0) is 4.74 Å². The van der Waals surface area contributed by atoms with E-state index in [9.17, 15) is 35.1 Å². The van der Waals surface area contributed by atoms with Gasteiger partial charge in [-0.3, -0.25) is 0 Å². The SMILES string of the molecule is FC(F)C(F)(F)C1(C(F)(F)C(F)F)CCOCC1. The van der Waals surface area contributed by atoms with Gasteiger partial charge in [0.15, 0.2) is 0 Å². The zero-order valence-electron chi connectivity index (χ0n) is 8.92. The van der Waals surface area contributed by atoms with Gasteiger partial charge < -0.3 is 4.74 Å². The first-order chi connectivity index (χ1) is 8.09. The van der Waals surface area contributed by atoms with Crippen LogP contribution in [0.4, 0.5) is 35.1 Å². The summed E-state index contributed by atoms with van der Waals surface area (Å²) in [5.41, 5.74) is -3.78. The third kappa shape index (κ3) is 2.06. The molecule has 108 valence electrons. The van der Waals surface area contributed by atoms with Crippen LogP contribution in [0.1, 0.15) is 12.8 Å². The summed E-state index contributed by atoms with van der Waals surface area (Å²) < 4.78 is 107. The summed E-state index contributed by atoms with van der Waals surface area (Å²) in [6.45, 7) is -1.38. The maximum Gasteiger partial charge on any atom is 0.319 e. The van der Waals surface area contributed by atoms with Crippen LogP contribution >= 0.6 is 0 Å². The van der Waals surface area contributed by atoms with Crippen LogP contribution in [0, 0.1) is 5.41 Å². The molecule has 0 spiro atoms. The molecule has 1 rings (SSSR count). The highest BCUT2D eigenvalue weighted by Crippen LogP contribution is 2.58. The third-order valence-corrected chi connectivity index (χ3v) is 3.17. The lowest BCUT2D eigenvalue weighted by Crippen LogP contribution is -2.62. The van der Waals surface area contributed by atoms with Gasteiger partial charge >= 0.3 is 24.7 Å². The quantitative estimate of drug-likeness (QED) is 0.718. The highest BCUT2D eigenvalue weighted by molar-refractivity contribution is 5.05. The van der Waals surface area contributed by atoms with Crippen molar-refractivity contribution in [1.82, 2.24) is 0 Å². The van der Waals surface area contributed by atoms with E-state index in [4.69, 9.17) is 0 Å². The molecule has 0 radical (unpaired) electrons. The first-order valence-electron chi connectivity index (χ1n) is 4.99. The molecule has 0 aromatic heterocycles. The minimum Gasteiger partial charge on any atom is -0.381 e. The topological polar surface area (TPSA) is 9.23 Å².